The molecule has 0 aliphatic heterocycles. The minimum Gasteiger partial charge on any atom is -0.487 e. The van der Waals surface area contributed by atoms with E-state index in [1.54, 1.807) is 45.2 Å². The molecule has 1 saturated carbocycles. The average molecular weight is 649 g/mol. The van der Waals surface area contributed by atoms with Crippen LogP contribution in [0.4, 0.5) is 34.0 Å². The Morgan fingerprint density at radius 1 is 0.978 bits per heavy atom. The van der Waals surface area contributed by atoms with E-state index in [0.29, 0.717) is 17.6 Å². The fraction of sp³-hybridized carbons (Fsp3) is 0.500. The average Bonchev–Trinajstić information content (AvgIpc) is 3.41. The Kier molecular flexibility index (Phi) is 9.88. The lowest BCUT2D eigenvalue weighted by molar-refractivity contribution is -0.140. The molecule has 2 heterocycles. The predicted octanol–water partition coefficient (Wildman–Crippen LogP) is 7.04. The van der Waals surface area contributed by atoms with Gasteiger partial charge in [-0.3, -0.25) is 10.2 Å². The molecule has 10 nitrogen and oxygen atoms in total. The van der Waals surface area contributed by atoms with Gasteiger partial charge in [-0.25, -0.2) is 24.3 Å². The fourth-order valence-electron chi connectivity index (χ4n) is 5.35. The quantitative estimate of drug-likeness (QED) is 0.186. The maximum absolute atomic E-state index is 14.7. The van der Waals surface area contributed by atoms with E-state index in [4.69, 9.17) is 14.5 Å². The Bertz CT molecular complexity index is 1540. The van der Waals surface area contributed by atoms with Gasteiger partial charge in [-0.15, -0.1) is 0 Å². The van der Waals surface area contributed by atoms with E-state index in [1.807, 2.05) is 31.5 Å². The molecule has 3 N–H and O–H groups in total. The van der Waals surface area contributed by atoms with Gasteiger partial charge >= 0.3 is 12.3 Å². The van der Waals surface area contributed by atoms with Gasteiger partial charge < -0.3 is 14.8 Å². The highest BCUT2D eigenvalue weighted by Gasteiger charge is 2.44. The molecule has 2 aromatic heterocycles. The highest BCUT2D eigenvalue weighted by atomic mass is 19.4. The summed E-state index contributed by atoms with van der Waals surface area (Å²) in [5, 5.41) is 7.66. The van der Waals surface area contributed by atoms with Gasteiger partial charge in [0.1, 0.15) is 17.2 Å². The van der Waals surface area contributed by atoms with Crippen LogP contribution in [0, 0.1) is 11.2 Å². The van der Waals surface area contributed by atoms with E-state index >= 15 is 0 Å². The van der Waals surface area contributed by atoms with Crippen LogP contribution in [0.1, 0.15) is 78.5 Å². The SMILES string of the molecule is CC(C)(C)OC(=O)NNC(=O)[C@]1(Cc2cccc(Nc3ccnn3C(C)(C)C)n2)CC[C@@H](Oc2cccc(C(F)(F)F)c2F)CC1. The number of ether oxygens (including phenoxy) is 2. The first kappa shape index (κ1) is 34.5. The highest BCUT2D eigenvalue weighted by Crippen LogP contribution is 2.42. The van der Waals surface area contributed by atoms with Gasteiger partial charge in [-0.2, -0.15) is 18.3 Å². The topological polar surface area (TPSA) is 119 Å². The number of carbonyl (C=O) groups excluding carboxylic acids is 2. The van der Waals surface area contributed by atoms with E-state index in [1.165, 1.54) is 0 Å². The second-order valence-electron chi connectivity index (χ2n) is 13.4. The van der Waals surface area contributed by atoms with Crippen LogP contribution in [-0.4, -0.2) is 38.5 Å². The Hall–Kier alpha value is -4.36. The summed E-state index contributed by atoms with van der Waals surface area (Å²) < 4.78 is 67.1. The number of amides is 2. The molecule has 0 bridgehead atoms. The van der Waals surface area contributed by atoms with Crippen molar-refractivity contribution in [1.29, 1.82) is 0 Å². The number of rotatable bonds is 7. The standard InChI is InChI=1S/C32H40F4N6O4/c1-29(2,3)42-25(15-18-37-42)39-24-12-7-9-20(38-24)19-31(27(43)40-41-28(44)46-30(4,5)6)16-13-21(14-17-31)45-23-11-8-10-22(26(23)33)32(34,35)36/h7-12,15,18,21H,13-14,16-17,19H2,1-6H3,(H,38,39)(H,40,43)(H,41,44)/t21-,31-. The van der Waals surface area contributed by atoms with E-state index < -0.39 is 52.4 Å². The molecule has 14 heteroatoms. The van der Waals surface area contributed by atoms with Gasteiger partial charge in [-0.05, 0) is 91.5 Å². The monoisotopic (exact) mass is 648 g/mol. The number of benzene rings is 1. The Labute approximate surface area is 265 Å². The molecule has 0 unspecified atom stereocenters. The number of hydrogen-bond acceptors (Lipinski definition) is 7. The normalized spacial score (nSPS) is 18.9. The first-order chi connectivity index (χ1) is 21.4. The third-order valence-corrected chi connectivity index (χ3v) is 7.47. The summed E-state index contributed by atoms with van der Waals surface area (Å²) in [6.45, 7) is 11.1. The lowest BCUT2D eigenvalue weighted by atomic mass is 9.69. The van der Waals surface area contributed by atoms with Crippen LogP contribution in [0.15, 0.2) is 48.7 Å². The van der Waals surface area contributed by atoms with Crippen molar-refractivity contribution < 1.29 is 36.6 Å². The second kappa shape index (κ2) is 13.2. The lowest BCUT2D eigenvalue weighted by Crippen LogP contribution is -2.53. The van der Waals surface area contributed by atoms with Crippen LogP contribution in [0.25, 0.3) is 0 Å². The predicted molar refractivity (Wildman–Crippen MR) is 163 cm³/mol. The molecule has 3 aromatic rings. The van der Waals surface area contributed by atoms with Crippen molar-refractivity contribution in [2.24, 2.45) is 5.41 Å². The summed E-state index contributed by atoms with van der Waals surface area (Å²) in [4.78, 5) is 30.7. The zero-order valence-corrected chi connectivity index (χ0v) is 26.7. The zero-order valence-electron chi connectivity index (χ0n) is 26.7. The number of hydrogen-bond donors (Lipinski definition) is 3. The first-order valence-electron chi connectivity index (χ1n) is 15.0. The molecule has 46 heavy (non-hydrogen) atoms. The zero-order chi connectivity index (χ0) is 33.9. The Morgan fingerprint density at radius 3 is 2.28 bits per heavy atom. The van der Waals surface area contributed by atoms with Crippen molar-refractivity contribution in [2.75, 3.05) is 5.32 Å². The van der Waals surface area contributed by atoms with Crippen LogP contribution >= 0.6 is 0 Å². The number of aromatic nitrogens is 3. The summed E-state index contributed by atoms with van der Waals surface area (Å²) in [7, 11) is 0. The van der Waals surface area contributed by atoms with Gasteiger partial charge in [0.25, 0.3) is 0 Å². The minimum atomic E-state index is -4.87. The van der Waals surface area contributed by atoms with Crippen molar-refractivity contribution in [3.05, 3.63) is 65.7 Å². The number of nitrogens with one attached hydrogen (secondary N) is 3. The summed E-state index contributed by atoms with van der Waals surface area (Å²) in [5.41, 5.74) is 1.78. The van der Waals surface area contributed by atoms with Crippen molar-refractivity contribution >= 4 is 23.6 Å². The Balaban J connectivity index is 1.54. The summed E-state index contributed by atoms with van der Waals surface area (Å²) in [6.07, 6.45) is -3.59. The van der Waals surface area contributed by atoms with Gasteiger partial charge in [0, 0.05) is 18.2 Å². The van der Waals surface area contributed by atoms with Gasteiger partial charge in [0.15, 0.2) is 11.6 Å². The van der Waals surface area contributed by atoms with Crippen LogP contribution in [0.5, 0.6) is 5.75 Å². The molecule has 4 rings (SSSR count). The molecule has 1 aliphatic rings. The number of anilines is 2. The molecular weight excluding hydrogens is 608 g/mol. The summed E-state index contributed by atoms with van der Waals surface area (Å²) in [6, 6.07) is 10.1. The Morgan fingerprint density at radius 2 is 1.65 bits per heavy atom. The van der Waals surface area contributed by atoms with Gasteiger partial charge in [0.05, 0.1) is 28.8 Å². The number of nitrogens with zero attached hydrogens (tertiary/aromatic N) is 3. The van der Waals surface area contributed by atoms with E-state index in [-0.39, 0.29) is 37.6 Å². The van der Waals surface area contributed by atoms with Crippen LogP contribution < -0.4 is 20.9 Å². The van der Waals surface area contributed by atoms with Crippen LogP contribution in [-0.2, 0) is 27.7 Å². The van der Waals surface area contributed by atoms with E-state index in [0.717, 1.165) is 18.0 Å². The van der Waals surface area contributed by atoms with Crippen LogP contribution in [0.3, 0.4) is 0 Å². The largest absolute Gasteiger partial charge is 0.487 e. The molecule has 0 atom stereocenters. The number of alkyl halides is 3. The molecule has 0 spiro atoms. The first-order valence-corrected chi connectivity index (χ1v) is 15.0. The third-order valence-electron chi connectivity index (χ3n) is 7.47. The maximum atomic E-state index is 14.7. The van der Waals surface area contributed by atoms with E-state index in [2.05, 4.69) is 21.3 Å². The molecule has 250 valence electrons. The van der Waals surface area contributed by atoms with Gasteiger partial charge in [0.2, 0.25) is 5.91 Å². The molecule has 1 aromatic carbocycles. The smallest absolute Gasteiger partial charge is 0.426 e. The van der Waals surface area contributed by atoms with E-state index in [9.17, 15) is 27.2 Å². The van der Waals surface area contributed by atoms with Crippen molar-refractivity contribution in [3.8, 4) is 5.75 Å². The molecular formula is C32H40F4N6O4. The maximum Gasteiger partial charge on any atom is 0.426 e. The molecule has 1 aliphatic carbocycles. The molecule has 0 radical (unpaired) electrons. The summed E-state index contributed by atoms with van der Waals surface area (Å²) >= 11 is 0. The fourth-order valence-corrected chi connectivity index (χ4v) is 5.35. The van der Waals surface area contributed by atoms with Crippen molar-refractivity contribution in [2.45, 2.75) is 97.1 Å². The number of halogens is 4. The second-order valence-corrected chi connectivity index (χ2v) is 13.4. The number of hydrazine groups is 1. The van der Waals surface area contributed by atoms with Gasteiger partial charge in [-0.1, -0.05) is 12.1 Å². The molecule has 1 fully saturated rings. The number of carbonyl (C=O) groups is 2. The number of pyridine rings is 1. The molecule has 0 saturated heterocycles. The van der Waals surface area contributed by atoms with Crippen molar-refractivity contribution in [1.82, 2.24) is 25.6 Å². The summed E-state index contributed by atoms with van der Waals surface area (Å²) in [5.74, 6) is -1.22. The molecule has 2 amide bonds. The van der Waals surface area contributed by atoms with Crippen molar-refractivity contribution in [3.63, 3.8) is 0 Å². The minimum absolute atomic E-state index is 0.174. The van der Waals surface area contributed by atoms with Crippen LogP contribution in [0.2, 0.25) is 0 Å². The lowest BCUT2D eigenvalue weighted by Gasteiger charge is -2.38. The third kappa shape index (κ3) is 8.67. The highest BCUT2D eigenvalue weighted by molar-refractivity contribution is 5.84.